The molecule has 0 spiro atoms. The van der Waals surface area contributed by atoms with E-state index in [4.69, 9.17) is 21.6 Å². The minimum atomic E-state index is 0.308. The van der Waals surface area contributed by atoms with Crippen LogP contribution in [-0.2, 0) is 0 Å². The maximum Gasteiger partial charge on any atom is 0.249 e. The molecule has 0 radical (unpaired) electrons. The predicted octanol–water partition coefficient (Wildman–Crippen LogP) is 3.89. The summed E-state index contributed by atoms with van der Waals surface area (Å²) >= 11 is 6.10. The van der Waals surface area contributed by atoms with Gasteiger partial charge in [0.25, 0.3) is 0 Å². The zero-order valence-corrected chi connectivity index (χ0v) is 13.9. The summed E-state index contributed by atoms with van der Waals surface area (Å²) in [5.41, 5.74) is 1.99. The van der Waals surface area contributed by atoms with E-state index >= 15 is 0 Å². The summed E-state index contributed by atoms with van der Waals surface area (Å²) in [6, 6.07) is 14.4. The van der Waals surface area contributed by atoms with Crippen LogP contribution in [0.5, 0.6) is 5.75 Å². The molecule has 3 aromatic rings. The van der Waals surface area contributed by atoms with Crippen LogP contribution in [-0.4, -0.2) is 22.3 Å². The van der Waals surface area contributed by atoms with Crippen molar-refractivity contribution in [1.29, 1.82) is 5.26 Å². The normalized spacial score (nSPS) is 9.96. The van der Waals surface area contributed by atoms with Gasteiger partial charge in [-0.3, -0.25) is 0 Å². The van der Waals surface area contributed by atoms with E-state index in [1.807, 2.05) is 6.07 Å². The second-order valence-electron chi connectivity index (χ2n) is 4.96. The molecule has 0 amide bonds. The minimum absolute atomic E-state index is 0.308. The van der Waals surface area contributed by atoms with E-state index < -0.39 is 0 Å². The molecule has 0 saturated carbocycles. The Labute approximate surface area is 149 Å². The fraction of sp³-hybridized carbons (Fsp3) is 0.0588. The lowest BCUT2D eigenvalue weighted by Gasteiger charge is -2.09. The number of benzene rings is 2. The van der Waals surface area contributed by atoms with Crippen molar-refractivity contribution in [2.45, 2.75) is 0 Å². The van der Waals surface area contributed by atoms with Gasteiger partial charge in [-0.15, -0.1) is 5.10 Å². The Balaban J connectivity index is 1.77. The number of hydrogen-bond acceptors (Lipinski definition) is 7. The Morgan fingerprint density at radius 1 is 1.12 bits per heavy atom. The highest BCUT2D eigenvalue weighted by atomic mass is 35.5. The van der Waals surface area contributed by atoms with Gasteiger partial charge in [-0.25, -0.2) is 0 Å². The Morgan fingerprint density at radius 2 is 1.96 bits per heavy atom. The lowest BCUT2D eigenvalue weighted by atomic mass is 10.2. The Bertz CT molecular complexity index is 940. The van der Waals surface area contributed by atoms with E-state index in [-0.39, 0.29) is 0 Å². The summed E-state index contributed by atoms with van der Waals surface area (Å²) < 4.78 is 5.12. The van der Waals surface area contributed by atoms with Gasteiger partial charge in [0, 0.05) is 11.4 Å². The quantitative estimate of drug-likeness (QED) is 0.719. The number of rotatable bonds is 5. The van der Waals surface area contributed by atoms with Gasteiger partial charge in [-0.1, -0.05) is 17.7 Å². The molecule has 0 fully saturated rings. The summed E-state index contributed by atoms with van der Waals surface area (Å²) in [5.74, 6) is 1.38. The van der Waals surface area contributed by atoms with Crippen molar-refractivity contribution >= 4 is 34.7 Å². The smallest absolute Gasteiger partial charge is 0.249 e. The van der Waals surface area contributed by atoms with Crippen LogP contribution in [0.1, 0.15) is 5.56 Å². The maximum absolute atomic E-state index is 8.95. The van der Waals surface area contributed by atoms with Crippen molar-refractivity contribution in [3.05, 3.63) is 59.2 Å². The van der Waals surface area contributed by atoms with E-state index in [0.29, 0.717) is 33.8 Å². The number of nitrogens with one attached hydrogen (secondary N) is 2. The largest absolute Gasteiger partial charge is 0.495 e. The standard InChI is InChI=1S/C17H13ClN6O/c1-25-15-6-5-13(8-14(15)18)22-17-23-16(10-20-24-17)21-12-4-2-3-11(7-12)9-19/h2-8,10H,1H3,(H2,21,22,23,24). The average molecular weight is 353 g/mol. The molecule has 124 valence electrons. The molecule has 0 aliphatic heterocycles. The highest BCUT2D eigenvalue weighted by Gasteiger charge is 2.05. The van der Waals surface area contributed by atoms with Crippen LogP contribution >= 0.6 is 11.6 Å². The maximum atomic E-state index is 8.95. The second kappa shape index (κ2) is 7.47. The van der Waals surface area contributed by atoms with Crippen LogP contribution in [0.2, 0.25) is 5.02 Å². The molecule has 0 aliphatic rings. The number of halogens is 1. The first-order valence-electron chi connectivity index (χ1n) is 7.25. The molecule has 1 aromatic heterocycles. The van der Waals surface area contributed by atoms with E-state index in [2.05, 4.69) is 31.9 Å². The number of hydrogen-bond donors (Lipinski definition) is 2. The third kappa shape index (κ3) is 4.13. The number of nitrogens with zero attached hydrogens (tertiary/aromatic N) is 4. The van der Waals surface area contributed by atoms with Gasteiger partial charge in [0.15, 0.2) is 5.82 Å². The van der Waals surface area contributed by atoms with Gasteiger partial charge in [-0.05, 0) is 36.4 Å². The Kier molecular flexibility index (Phi) is 4.92. The lowest BCUT2D eigenvalue weighted by Crippen LogP contribution is -2.02. The van der Waals surface area contributed by atoms with Gasteiger partial charge in [0.2, 0.25) is 5.95 Å². The molecule has 0 atom stereocenters. The third-order valence-electron chi connectivity index (χ3n) is 3.23. The molecule has 2 N–H and O–H groups in total. The zero-order valence-electron chi connectivity index (χ0n) is 13.2. The highest BCUT2D eigenvalue weighted by molar-refractivity contribution is 6.32. The molecule has 0 bridgehead atoms. The van der Waals surface area contributed by atoms with Crippen molar-refractivity contribution in [2.75, 3.05) is 17.7 Å². The molecule has 0 aliphatic carbocycles. The molecule has 1 heterocycles. The monoisotopic (exact) mass is 352 g/mol. The summed E-state index contributed by atoms with van der Waals surface area (Å²) in [6.45, 7) is 0. The van der Waals surface area contributed by atoms with Gasteiger partial charge >= 0.3 is 0 Å². The fourth-order valence-corrected chi connectivity index (χ4v) is 2.36. The van der Waals surface area contributed by atoms with Crippen molar-refractivity contribution in [2.24, 2.45) is 0 Å². The van der Waals surface area contributed by atoms with Crippen molar-refractivity contribution in [3.63, 3.8) is 0 Å². The molecule has 8 heteroatoms. The van der Waals surface area contributed by atoms with Gasteiger partial charge in [0.1, 0.15) is 5.75 Å². The van der Waals surface area contributed by atoms with E-state index in [1.54, 1.807) is 43.5 Å². The van der Waals surface area contributed by atoms with Crippen molar-refractivity contribution in [1.82, 2.24) is 15.2 Å². The van der Waals surface area contributed by atoms with E-state index in [0.717, 1.165) is 5.69 Å². The summed E-state index contributed by atoms with van der Waals surface area (Å²) in [4.78, 5) is 4.34. The van der Waals surface area contributed by atoms with Gasteiger partial charge < -0.3 is 15.4 Å². The van der Waals surface area contributed by atoms with Crippen LogP contribution in [0.15, 0.2) is 48.7 Å². The molecule has 3 rings (SSSR count). The third-order valence-corrected chi connectivity index (χ3v) is 3.53. The van der Waals surface area contributed by atoms with Crippen LogP contribution in [0, 0.1) is 11.3 Å². The van der Waals surface area contributed by atoms with Crippen molar-refractivity contribution < 1.29 is 4.74 Å². The van der Waals surface area contributed by atoms with Gasteiger partial charge in [0.05, 0.1) is 30.0 Å². The van der Waals surface area contributed by atoms with Crippen LogP contribution < -0.4 is 15.4 Å². The summed E-state index contributed by atoms with van der Waals surface area (Å²) in [7, 11) is 1.55. The molecule has 25 heavy (non-hydrogen) atoms. The molecule has 0 saturated heterocycles. The fourth-order valence-electron chi connectivity index (χ4n) is 2.10. The van der Waals surface area contributed by atoms with Crippen LogP contribution in [0.25, 0.3) is 0 Å². The first-order valence-corrected chi connectivity index (χ1v) is 7.63. The van der Waals surface area contributed by atoms with E-state index in [9.17, 15) is 0 Å². The lowest BCUT2D eigenvalue weighted by molar-refractivity contribution is 0.415. The molecule has 2 aromatic carbocycles. The second-order valence-corrected chi connectivity index (χ2v) is 5.36. The van der Waals surface area contributed by atoms with Gasteiger partial charge in [-0.2, -0.15) is 15.3 Å². The van der Waals surface area contributed by atoms with Crippen molar-refractivity contribution in [3.8, 4) is 11.8 Å². The first-order chi connectivity index (χ1) is 12.2. The molecule has 0 unspecified atom stereocenters. The zero-order chi connectivity index (χ0) is 17.6. The molecular formula is C17H13ClN6O. The molecule has 7 nitrogen and oxygen atoms in total. The van der Waals surface area contributed by atoms with Crippen LogP contribution in [0.4, 0.5) is 23.1 Å². The Hall–Kier alpha value is -3.37. The summed E-state index contributed by atoms with van der Waals surface area (Å²) in [6.07, 6.45) is 1.49. The number of methoxy groups -OCH3 is 1. The highest BCUT2D eigenvalue weighted by Crippen LogP contribution is 2.28. The number of nitriles is 1. The average Bonchev–Trinajstić information content (AvgIpc) is 2.62. The Morgan fingerprint density at radius 3 is 2.72 bits per heavy atom. The number of anilines is 4. The number of ether oxygens (including phenoxy) is 1. The SMILES string of the molecule is COc1ccc(Nc2nncc(Nc3cccc(C#N)c3)n2)cc1Cl. The molecular weight excluding hydrogens is 340 g/mol. The van der Waals surface area contributed by atoms with E-state index in [1.165, 1.54) is 6.20 Å². The minimum Gasteiger partial charge on any atom is -0.495 e. The first kappa shape index (κ1) is 16.5. The number of aromatic nitrogens is 3. The predicted molar refractivity (Wildman–Crippen MR) is 95.6 cm³/mol. The summed E-state index contributed by atoms with van der Waals surface area (Å²) in [5, 5.41) is 23.4. The topological polar surface area (TPSA) is 95.8 Å². The van der Waals surface area contributed by atoms with Crippen LogP contribution in [0.3, 0.4) is 0 Å².